The van der Waals surface area contributed by atoms with Gasteiger partial charge < -0.3 is 30.2 Å². The highest BCUT2D eigenvalue weighted by Crippen LogP contribution is 2.55. The van der Waals surface area contributed by atoms with E-state index in [0.29, 0.717) is 11.1 Å². The van der Waals surface area contributed by atoms with Gasteiger partial charge in [0.05, 0.1) is 0 Å². The van der Waals surface area contributed by atoms with Crippen molar-refractivity contribution in [3.05, 3.63) is 96.1 Å². The number of unbranched alkanes of at least 4 members (excludes halogenated alkanes) is 16. The quantitative estimate of drug-likeness (QED) is 0.0376. The smallest absolute Gasteiger partial charge is 0.121 e. The minimum absolute atomic E-state index is 0.0313. The van der Waals surface area contributed by atoms with Gasteiger partial charge in [-0.2, -0.15) is 0 Å². The van der Waals surface area contributed by atoms with E-state index in [9.17, 15) is 10.2 Å². The van der Waals surface area contributed by atoms with Crippen molar-refractivity contribution in [2.75, 3.05) is 36.0 Å². The van der Waals surface area contributed by atoms with E-state index in [4.69, 9.17) is 0 Å². The second-order valence-corrected chi connectivity index (χ2v) is 19.8. The third-order valence-electron chi connectivity index (χ3n) is 14.9. The van der Waals surface area contributed by atoms with Crippen molar-refractivity contribution in [1.82, 2.24) is 0 Å². The van der Waals surface area contributed by atoms with Gasteiger partial charge >= 0.3 is 0 Å². The summed E-state index contributed by atoms with van der Waals surface area (Å²) in [4.78, 5) is 4.92. The number of fused-ring (bicyclic) bond motifs is 4. The van der Waals surface area contributed by atoms with Crippen molar-refractivity contribution in [3.8, 4) is 11.5 Å². The lowest BCUT2D eigenvalue weighted by atomic mass is 9.61. The summed E-state index contributed by atoms with van der Waals surface area (Å²) in [5, 5.41) is 62.4. The summed E-state index contributed by atoms with van der Waals surface area (Å²) in [6.07, 6.45) is 20.9. The Kier molecular flexibility index (Phi) is 18.3. The van der Waals surface area contributed by atoms with Crippen molar-refractivity contribution in [3.63, 3.8) is 0 Å². The Labute approximate surface area is 397 Å². The second-order valence-electron chi connectivity index (χ2n) is 19.8. The van der Waals surface area contributed by atoms with Crippen LogP contribution in [0.5, 0.6) is 11.5 Å². The van der Waals surface area contributed by atoms with Crippen LogP contribution in [-0.4, -0.2) is 48.6 Å². The molecule has 1 fully saturated rings. The largest absolute Gasteiger partial charge is 0.851 e. The number of aromatic hydroxyl groups is 2. The number of phenolic OH excluding ortho intramolecular Hbond substituents is 2. The number of anilines is 2. The number of rotatable bonds is 28. The molecule has 1 saturated carbocycles. The monoisotopic (exact) mass is 893 g/mol. The molecule has 6 heteroatoms. The molecule has 6 aromatic carbocycles. The first-order chi connectivity index (χ1) is 32.3. The Morgan fingerprint density at radius 3 is 0.939 bits per heavy atom. The van der Waals surface area contributed by atoms with Gasteiger partial charge in [-0.15, -0.1) is 12.2 Å². The van der Waals surface area contributed by atoms with E-state index in [1.807, 2.05) is 24.3 Å². The molecule has 1 aliphatic rings. The molecule has 6 nitrogen and oxygen atoms in total. The molecule has 0 bridgehead atoms. The molecule has 0 aromatic heterocycles. The molecule has 0 aliphatic heterocycles. The maximum atomic E-state index is 15.1. The van der Waals surface area contributed by atoms with Gasteiger partial charge in [0.25, 0.3) is 0 Å². The number of benzene rings is 6. The number of hydrogen-bond acceptors (Lipinski definition) is 6. The maximum Gasteiger partial charge on any atom is 0.121 e. The second kappa shape index (κ2) is 24.5. The first kappa shape index (κ1) is 49.4. The molecule has 0 heterocycles. The number of nitrogens with zero attached hydrogens (tertiary/aromatic N) is 2. The first-order valence-electron chi connectivity index (χ1n) is 26.5. The summed E-state index contributed by atoms with van der Waals surface area (Å²) in [7, 11) is 0. The summed E-state index contributed by atoms with van der Waals surface area (Å²) in [5.74, 6) is -1.88. The zero-order chi connectivity index (χ0) is 46.4. The van der Waals surface area contributed by atoms with Gasteiger partial charge in [0, 0.05) is 71.6 Å². The van der Waals surface area contributed by atoms with Gasteiger partial charge in [0.1, 0.15) is 11.5 Å². The molecule has 6 aromatic rings. The fraction of sp³-hybridized carbons (Fsp3) is 0.533. The Balaban J connectivity index is 1.28. The molecule has 66 heavy (non-hydrogen) atoms. The highest BCUT2D eigenvalue weighted by atomic mass is 16.3. The van der Waals surface area contributed by atoms with Crippen LogP contribution in [0.2, 0.25) is 0 Å². The van der Waals surface area contributed by atoms with Gasteiger partial charge in [-0.3, -0.25) is 0 Å². The Bertz CT molecular complexity index is 2260. The number of hydrogen-bond donors (Lipinski definition) is 2. The summed E-state index contributed by atoms with van der Waals surface area (Å²) in [5.41, 5.74) is 2.89. The normalized spacial score (nSPS) is 17.3. The molecule has 0 amide bonds. The minimum Gasteiger partial charge on any atom is -0.851 e. The third-order valence-corrected chi connectivity index (χ3v) is 14.9. The molecule has 0 spiro atoms. The standard InChI is InChI=1S/C60H80N2O4/c1-5-9-13-17-25-33-61(34-26-18-14-10-6-2)51-41-53(63)55(49-39-45-31-23-21-29-43(45)37-47(49)51)57-59(65)58(60(57)66)56-50-40-46-32-24-22-30-44(46)38-48(50)52(42-54(56)64)62(35-27-19-15-11-7-3)36-28-20-16-12-8-4/h21-24,29-32,37-42,57-60,63-64H,5-20,25-28,33-36H2,1-4H3/q-2. The van der Waals surface area contributed by atoms with E-state index in [2.05, 4.69) is 98.2 Å². The molecule has 7 rings (SSSR count). The fourth-order valence-electron chi connectivity index (χ4n) is 11.1. The maximum absolute atomic E-state index is 15.1. The van der Waals surface area contributed by atoms with Gasteiger partial charge in [0.2, 0.25) is 0 Å². The topological polar surface area (TPSA) is 93.1 Å². The van der Waals surface area contributed by atoms with Crippen molar-refractivity contribution < 1.29 is 20.4 Å². The molecule has 0 radical (unpaired) electrons. The summed E-state index contributed by atoms with van der Waals surface area (Å²) in [6, 6.07) is 28.9. The molecular weight excluding hydrogens is 813 g/mol. The van der Waals surface area contributed by atoms with E-state index in [-0.39, 0.29) is 11.5 Å². The summed E-state index contributed by atoms with van der Waals surface area (Å²) >= 11 is 0. The van der Waals surface area contributed by atoms with E-state index < -0.39 is 24.0 Å². The van der Waals surface area contributed by atoms with Gasteiger partial charge in [-0.1, -0.05) is 179 Å². The summed E-state index contributed by atoms with van der Waals surface area (Å²) in [6.45, 7) is 12.6. The SMILES string of the molecule is CCCCCCCN(CCCCCCC)c1cc(O)c(C2C([O-])C(c3c(O)cc(N(CCCCCCC)CCCCCCC)c4cc5ccccc5cc34)C2[O-])c2cc3ccccc3cc12. The average molecular weight is 893 g/mol. The minimum atomic E-state index is -1.35. The lowest BCUT2D eigenvalue weighted by Crippen LogP contribution is -2.63. The molecule has 0 unspecified atom stereocenters. The fourth-order valence-corrected chi connectivity index (χ4v) is 11.1. The zero-order valence-electron chi connectivity index (χ0n) is 41.0. The van der Waals surface area contributed by atoms with Crippen LogP contribution in [0.3, 0.4) is 0 Å². The molecule has 0 saturated heterocycles. The number of phenols is 2. The van der Waals surface area contributed by atoms with Crippen LogP contribution in [0, 0.1) is 0 Å². The predicted molar refractivity (Wildman–Crippen MR) is 279 cm³/mol. The average Bonchev–Trinajstić information content (AvgIpc) is 3.33. The van der Waals surface area contributed by atoms with Crippen molar-refractivity contribution >= 4 is 54.5 Å². The van der Waals surface area contributed by atoms with Crippen molar-refractivity contribution in [2.45, 2.75) is 180 Å². The summed E-state index contributed by atoms with van der Waals surface area (Å²) < 4.78 is 0. The van der Waals surface area contributed by atoms with Crippen LogP contribution in [0.15, 0.2) is 84.9 Å². The highest BCUT2D eigenvalue weighted by Gasteiger charge is 2.43. The van der Waals surface area contributed by atoms with Crippen LogP contribution < -0.4 is 20.0 Å². The molecule has 0 atom stereocenters. The van der Waals surface area contributed by atoms with E-state index in [1.165, 1.54) is 103 Å². The van der Waals surface area contributed by atoms with E-state index in [1.54, 1.807) is 0 Å². The van der Waals surface area contributed by atoms with Gasteiger partial charge in [0.15, 0.2) is 0 Å². The van der Waals surface area contributed by atoms with E-state index in [0.717, 1.165) is 106 Å². The highest BCUT2D eigenvalue weighted by molar-refractivity contribution is 6.08. The third kappa shape index (κ3) is 11.4. The molecule has 1 aliphatic carbocycles. The van der Waals surface area contributed by atoms with Crippen LogP contribution in [-0.2, 0) is 0 Å². The van der Waals surface area contributed by atoms with Crippen LogP contribution in [0.4, 0.5) is 11.4 Å². The molecule has 2 N–H and O–H groups in total. The molecular formula is C60H80N2O4-2. The Hall–Kier alpha value is -4.52. The van der Waals surface area contributed by atoms with E-state index >= 15 is 10.2 Å². The zero-order valence-corrected chi connectivity index (χ0v) is 41.0. The lowest BCUT2D eigenvalue weighted by Gasteiger charge is -2.62. The van der Waals surface area contributed by atoms with Crippen LogP contribution in [0.1, 0.15) is 179 Å². The van der Waals surface area contributed by atoms with Crippen molar-refractivity contribution in [1.29, 1.82) is 0 Å². The van der Waals surface area contributed by atoms with Crippen LogP contribution in [0.25, 0.3) is 43.1 Å². The van der Waals surface area contributed by atoms with Crippen molar-refractivity contribution in [2.24, 2.45) is 0 Å². The molecule has 356 valence electrons. The van der Waals surface area contributed by atoms with Gasteiger partial charge in [-0.05, 0) is 94.1 Å². The Morgan fingerprint density at radius 2 is 0.652 bits per heavy atom. The first-order valence-corrected chi connectivity index (χ1v) is 26.5. The van der Waals surface area contributed by atoms with Crippen LogP contribution >= 0.6 is 0 Å². The van der Waals surface area contributed by atoms with Gasteiger partial charge in [-0.25, -0.2) is 0 Å². The lowest BCUT2D eigenvalue weighted by molar-refractivity contribution is -0.535. The predicted octanol–water partition coefficient (Wildman–Crippen LogP) is 14.5. The Morgan fingerprint density at radius 1 is 0.379 bits per heavy atom.